The van der Waals surface area contributed by atoms with E-state index in [0.29, 0.717) is 12.3 Å². The van der Waals surface area contributed by atoms with Gasteiger partial charge in [-0.15, -0.1) is 10.2 Å². The van der Waals surface area contributed by atoms with Gasteiger partial charge in [-0.1, -0.05) is 40.8 Å². The van der Waals surface area contributed by atoms with Crippen LogP contribution in [0.4, 0.5) is 10.8 Å². The maximum atomic E-state index is 11.9. The molecule has 2 aromatic rings. The highest BCUT2D eigenvalue weighted by atomic mass is 32.2. The molecule has 128 valence electrons. The van der Waals surface area contributed by atoms with Crippen LogP contribution in [0.2, 0.25) is 0 Å². The van der Waals surface area contributed by atoms with Crippen LogP contribution in [0.15, 0.2) is 28.6 Å². The molecule has 1 saturated heterocycles. The van der Waals surface area contributed by atoms with Gasteiger partial charge in [0.1, 0.15) is 0 Å². The first-order valence-electron chi connectivity index (χ1n) is 7.87. The molecule has 0 spiro atoms. The third kappa shape index (κ3) is 5.19. The summed E-state index contributed by atoms with van der Waals surface area (Å²) in [7, 11) is 0. The summed E-state index contributed by atoms with van der Waals surface area (Å²) >= 11 is 2.84. The van der Waals surface area contributed by atoms with Crippen molar-refractivity contribution in [2.45, 2.75) is 30.2 Å². The van der Waals surface area contributed by atoms with Gasteiger partial charge in [-0.25, -0.2) is 0 Å². The van der Waals surface area contributed by atoms with Crippen LogP contribution >= 0.6 is 23.1 Å². The molecular weight excluding hydrogens is 344 g/mol. The molecule has 1 amide bonds. The van der Waals surface area contributed by atoms with E-state index in [-0.39, 0.29) is 12.0 Å². The molecule has 0 aliphatic carbocycles. The summed E-state index contributed by atoms with van der Waals surface area (Å²) in [6.45, 7) is 3.44. The Balaban J connectivity index is 1.42. The molecule has 1 aliphatic rings. The normalized spacial score (nSPS) is 17.0. The Bertz CT molecular complexity index is 669. The Hall–Kier alpha value is -1.64. The van der Waals surface area contributed by atoms with Crippen molar-refractivity contribution in [1.82, 2.24) is 15.5 Å². The topological polar surface area (TPSA) is 76.1 Å². The lowest BCUT2D eigenvalue weighted by molar-refractivity contribution is -0.119. The molecule has 3 rings (SSSR count). The molecule has 2 heterocycles. The second-order valence-electron chi connectivity index (χ2n) is 5.59. The molecule has 2 N–H and O–H groups in total. The van der Waals surface area contributed by atoms with Gasteiger partial charge in [0, 0.05) is 18.8 Å². The fourth-order valence-electron chi connectivity index (χ4n) is 2.29. The van der Waals surface area contributed by atoms with E-state index in [1.807, 2.05) is 31.2 Å². The molecule has 0 radical (unpaired) electrons. The second-order valence-corrected chi connectivity index (χ2v) is 7.79. The average molecular weight is 364 g/mol. The number of ether oxygens (including phenoxy) is 1. The van der Waals surface area contributed by atoms with Gasteiger partial charge in [0.05, 0.1) is 11.9 Å². The molecule has 1 fully saturated rings. The van der Waals surface area contributed by atoms with E-state index >= 15 is 0 Å². The average Bonchev–Trinajstić information content (AvgIpc) is 3.25. The minimum Gasteiger partial charge on any atom is -0.376 e. The van der Waals surface area contributed by atoms with Gasteiger partial charge in [-0.05, 0) is 31.9 Å². The number of carbonyl (C=O) groups excluding carboxylic acids is 1. The lowest BCUT2D eigenvalue weighted by atomic mass is 10.2. The van der Waals surface area contributed by atoms with Crippen LogP contribution in [0.25, 0.3) is 0 Å². The highest BCUT2D eigenvalue weighted by Gasteiger charge is 2.16. The smallest absolute Gasteiger partial charge is 0.230 e. The van der Waals surface area contributed by atoms with Crippen LogP contribution in [-0.2, 0) is 9.53 Å². The van der Waals surface area contributed by atoms with Gasteiger partial charge >= 0.3 is 0 Å². The number of hydrogen-bond acceptors (Lipinski definition) is 7. The fourth-order valence-corrected chi connectivity index (χ4v) is 3.89. The number of aryl methyl sites for hydroxylation is 1. The van der Waals surface area contributed by atoms with Crippen LogP contribution in [0, 0.1) is 6.92 Å². The Labute approximate surface area is 149 Å². The molecule has 0 unspecified atom stereocenters. The molecular formula is C16H20N4O2S2. The third-order valence-electron chi connectivity index (χ3n) is 3.59. The SMILES string of the molecule is Cc1ccc(Nc2nnc(SCC(=O)NC[C@H]3CCCO3)s2)cc1. The van der Waals surface area contributed by atoms with E-state index in [1.54, 1.807) is 0 Å². The number of rotatable bonds is 7. The first-order chi connectivity index (χ1) is 11.7. The van der Waals surface area contributed by atoms with Crippen molar-refractivity contribution in [3.8, 4) is 0 Å². The molecule has 1 aromatic carbocycles. The Morgan fingerprint density at radius 3 is 2.96 bits per heavy atom. The van der Waals surface area contributed by atoms with Gasteiger partial charge in [-0.2, -0.15) is 0 Å². The molecule has 6 nitrogen and oxygen atoms in total. The van der Waals surface area contributed by atoms with Crippen molar-refractivity contribution in [2.24, 2.45) is 0 Å². The van der Waals surface area contributed by atoms with Gasteiger partial charge in [-0.3, -0.25) is 4.79 Å². The van der Waals surface area contributed by atoms with Crippen LogP contribution in [0.1, 0.15) is 18.4 Å². The maximum absolute atomic E-state index is 11.9. The van der Waals surface area contributed by atoms with E-state index in [0.717, 1.165) is 34.6 Å². The summed E-state index contributed by atoms with van der Waals surface area (Å²) in [5.41, 5.74) is 2.19. The molecule has 1 aliphatic heterocycles. The largest absolute Gasteiger partial charge is 0.376 e. The number of nitrogens with one attached hydrogen (secondary N) is 2. The number of anilines is 2. The minimum absolute atomic E-state index is 0.00116. The van der Waals surface area contributed by atoms with Gasteiger partial charge < -0.3 is 15.4 Å². The van der Waals surface area contributed by atoms with Crippen molar-refractivity contribution >= 4 is 39.8 Å². The van der Waals surface area contributed by atoms with Crippen LogP contribution in [-0.4, -0.2) is 41.1 Å². The summed E-state index contributed by atoms with van der Waals surface area (Å²) in [6.07, 6.45) is 2.28. The summed E-state index contributed by atoms with van der Waals surface area (Å²) in [6, 6.07) is 8.08. The standard InChI is InChI=1S/C16H20N4O2S2/c1-11-4-6-12(7-5-11)18-15-19-20-16(24-15)23-10-14(21)17-9-13-3-2-8-22-13/h4-7,13H,2-3,8-10H2,1H3,(H,17,21)(H,18,19)/t13-/m1/s1. The second kappa shape index (κ2) is 8.46. The van der Waals surface area contributed by atoms with Gasteiger partial charge in [0.2, 0.25) is 11.0 Å². The lowest BCUT2D eigenvalue weighted by Gasteiger charge is -2.09. The zero-order valence-electron chi connectivity index (χ0n) is 13.4. The van der Waals surface area contributed by atoms with Crippen molar-refractivity contribution in [1.29, 1.82) is 0 Å². The molecule has 1 atom stereocenters. The molecule has 0 saturated carbocycles. The first kappa shape index (κ1) is 17.2. The van der Waals surface area contributed by atoms with Crippen molar-refractivity contribution < 1.29 is 9.53 Å². The van der Waals surface area contributed by atoms with Crippen LogP contribution in [0.5, 0.6) is 0 Å². The summed E-state index contributed by atoms with van der Waals surface area (Å²) in [5.74, 6) is 0.338. The number of amides is 1. The van der Waals surface area contributed by atoms with Gasteiger partial charge in [0.25, 0.3) is 0 Å². The van der Waals surface area contributed by atoms with Crippen molar-refractivity contribution in [3.05, 3.63) is 29.8 Å². The molecule has 24 heavy (non-hydrogen) atoms. The number of benzene rings is 1. The Morgan fingerprint density at radius 2 is 2.21 bits per heavy atom. The molecule has 1 aromatic heterocycles. The summed E-state index contributed by atoms with van der Waals surface area (Å²) in [5, 5.41) is 15.1. The monoisotopic (exact) mass is 364 g/mol. The van der Waals surface area contributed by atoms with E-state index in [4.69, 9.17) is 4.74 Å². The van der Waals surface area contributed by atoms with Crippen LogP contribution < -0.4 is 10.6 Å². The third-order valence-corrected chi connectivity index (χ3v) is 5.56. The molecule has 0 bridgehead atoms. The zero-order valence-corrected chi connectivity index (χ0v) is 15.1. The van der Waals surface area contributed by atoms with E-state index in [1.165, 1.54) is 28.7 Å². The van der Waals surface area contributed by atoms with Crippen molar-refractivity contribution in [3.63, 3.8) is 0 Å². The maximum Gasteiger partial charge on any atom is 0.230 e. The highest BCUT2D eigenvalue weighted by molar-refractivity contribution is 8.01. The number of thioether (sulfide) groups is 1. The van der Waals surface area contributed by atoms with E-state index in [9.17, 15) is 4.79 Å². The quantitative estimate of drug-likeness (QED) is 0.736. The fraction of sp³-hybridized carbons (Fsp3) is 0.438. The van der Waals surface area contributed by atoms with E-state index < -0.39 is 0 Å². The first-order valence-corrected chi connectivity index (χ1v) is 9.67. The predicted octanol–water partition coefficient (Wildman–Crippen LogP) is 2.98. The summed E-state index contributed by atoms with van der Waals surface area (Å²) in [4.78, 5) is 11.9. The Kier molecular flexibility index (Phi) is 6.06. The Morgan fingerprint density at radius 1 is 1.38 bits per heavy atom. The zero-order chi connectivity index (χ0) is 16.8. The highest BCUT2D eigenvalue weighted by Crippen LogP contribution is 2.27. The number of carbonyl (C=O) groups is 1. The number of nitrogens with zero attached hydrogens (tertiary/aromatic N) is 2. The van der Waals surface area contributed by atoms with E-state index in [2.05, 4.69) is 20.8 Å². The van der Waals surface area contributed by atoms with Crippen molar-refractivity contribution in [2.75, 3.05) is 24.2 Å². The van der Waals surface area contributed by atoms with Gasteiger partial charge in [0.15, 0.2) is 4.34 Å². The minimum atomic E-state index is -0.00116. The lowest BCUT2D eigenvalue weighted by Crippen LogP contribution is -2.32. The predicted molar refractivity (Wildman–Crippen MR) is 97.1 cm³/mol. The number of aromatic nitrogens is 2. The molecule has 8 heteroatoms. The number of hydrogen-bond donors (Lipinski definition) is 2. The summed E-state index contributed by atoms with van der Waals surface area (Å²) < 4.78 is 6.26. The van der Waals surface area contributed by atoms with Crippen LogP contribution in [0.3, 0.4) is 0 Å².